The largest absolute Gasteiger partial charge is 0.352 e. The minimum absolute atomic E-state index is 0.0208. The maximum Gasteiger partial charge on any atom is 0.160 e. The molecule has 3 rings (SSSR count). The molecule has 0 bridgehead atoms. The van der Waals surface area contributed by atoms with Crippen molar-refractivity contribution in [2.45, 2.75) is 77.4 Å². The zero-order chi connectivity index (χ0) is 19.1. The van der Waals surface area contributed by atoms with Gasteiger partial charge in [0.1, 0.15) is 0 Å². The predicted molar refractivity (Wildman–Crippen MR) is 103 cm³/mol. The van der Waals surface area contributed by atoms with E-state index in [1.54, 1.807) is 6.07 Å². The summed E-state index contributed by atoms with van der Waals surface area (Å²) in [4.78, 5) is 0. The Kier molecular flexibility index (Phi) is 8.07. The van der Waals surface area contributed by atoms with E-state index in [0.717, 1.165) is 44.0 Å². The second kappa shape index (κ2) is 10.5. The van der Waals surface area contributed by atoms with Crippen molar-refractivity contribution in [3.05, 3.63) is 35.4 Å². The molecule has 2 aliphatic rings. The number of hydrogen-bond acceptors (Lipinski definition) is 2. The van der Waals surface area contributed by atoms with Crippen molar-refractivity contribution in [1.82, 2.24) is 0 Å². The minimum atomic E-state index is -0.762. The molecule has 1 heterocycles. The molecule has 0 unspecified atom stereocenters. The highest BCUT2D eigenvalue weighted by molar-refractivity contribution is 5.17. The Labute approximate surface area is 162 Å². The molecule has 1 aromatic rings. The van der Waals surface area contributed by atoms with E-state index >= 15 is 0 Å². The van der Waals surface area contributed by atoms with E-state index in [1.165, 1.54) is 57.1 Å². The molecule has 0 amide bonds. The van der Waals surface area contributed by atoms with Gasteiger partial charge in [-0.25, -0.2) is 8.78 Å². The van der Waals surface area contributed by atoms with Crippen LogP contribution in [0.3, 0.4) is 0 Å². The van der Waals surface area contributed by atoms with Crippen LogP contribution in [0.4, 0.5) is 8.78 Å². The molecule has 0 N–H and O–H groups in total. The van der Waals surface area contributed by atoms with Crippen LogP contribution in [0.1, 0.15) is 70.3 Å². The average molecular weight is 381 g/mol. The second-order valence-electron chi connectivity index (χ2n) is 8.46. The zero-order valence-corrected chi connectivity index (χ0v) is 16.6. The Bertz CT molecular complexity index is 561. The lowest BCUT2D eigenvalue weighted by Crippen LogP contribution is -2.38. The fraction of sp³-hybridized carbons (Fsp3) is 0.739. The van der Waals surface area contributed by atoms with E-state index < -0.39 is 11.6 Å². The van der Waals surface area contributed by atoms with Gasteiger partial charge in [-0.05, 0) is 68.6 Å². The standard InChI is InChI=1S/C23H34F2O2/c1-2-5-19-15-26-23(27-16-19)20-11-8-17(9-12-20)6-3-4-7-18-10-13-21(24)22(25)14-18/h10,13-14,17,19-20,23H,2-9,11-12,15-16H2,1H3. The SMILES string of the molecule is CCCC1COC(C2CCC(CCCCc3ccc(F)c(F)c3)CC2)OC1. The van der Waals surface area contributed by atoms with Gasteiger partial charge in [0.2, 0.25) is 0 Å². The van der Waals surface area contributed by atoms with Gasteiger partial charge in [0, 0.05) is 11.8 Å². The van der Waals surface area contributed by atoms with Crippen molar-refractivity contribution in [2.24, 2.45) is 17.8 Å². The monoisotopic (exact) mass is 380 g/mol. The van der Waals surface area contributed by atoms with Crippen LogP contribution >= 0.6 is 0 Å². The molecule has 1 saturated heterocycles. The summed E-state index contributed by atoms with van der Waals surface area (Å²) in [6.07, 6.45) is 11.6. The fourth-order valence-electron chi connectivity index (χ4n) is 4.61. The fourth-order valence-corrected chi connectivity index (χ4v) is 4.61. The molecule has 0 atom stereocenters. The molecule has 0 radical (unpaired) electrons. The van der Waals surface area contributed by atoms with Crippen LogP contribution in [0.15, 0.2) is 18.2 Å². The summed E-state index contributed by atoms with van der Waals surface area (Å²) in [6.45, 7) is 3.94. The maximum atomic E-state index is 13.2. The molecule has 27 heavy (non-hydrogen) atoms. The van der Waals surface area contributed by atoms with Gasteiger partial charge in [0.05, 0.1) is 13.2 Å². The third-order valence-electron chi connectivity index (χ3n) is 6.28. The lowest BCUT2D eigenvalue weighted by molar-refractivity contribution is -0.230. The van der Waals surface area contributed by atoms with Gasteiger partial charge in [0.25, 0.3) is 0 Å². The Balaban J connectivity index is 1.29. The first-order valence-corrected chi connectivity index (χ1v) is 10.8. The smallest absolute Gasteiger partial charge is 0.160 e. The molecule has 1 aliphatic heterocycles. The Hall–Kier alpha value is -1.00. The molecule has 0 aromatic heterocycles. The van der Waals surface area contributed by atoms with Crippen molar-refractivity contribution in [2.75, 3.05) is 13.2 Å². The highest BCUT2D eigenvalue weighted by Gasteiger charge is 2.32. The summed E-state index contributed by atoms with van der Waals surface area (Å²) in [5.74, 6) is 0.437. The van der Waals surface area contributed by atoms with Crippen LogP contribution in [-0.2, 0) is 15.9 Å². The van der Waals surface area contributed by atoms with Gasteiger partial charge in [-0.1, -0.05) is 32.3 Å². The van der Waals surface area contributed by atoms with Gasteiger partial charge in [-0.2, -0.15) is 0 Å². The van der Waals surface area contributed by atoms with E-state index in [0.29, 0.717) is 11.8 Å². The van der Waals surface area contributed by atoms with Gasteiger partial charge in [0.15, 0.2) is 17.9 Å². The molecule has 1 saturated carbocycles. The van der Waals surface area contributed by atoms with Crippen LogP contribution in [0.25, 0.3) is 0 Å². The molecule has 2 nitrogen and oxygen atoms in total. The average Bonchev–Trinajstić information content (AvgIpc) is 2.69. The van der Waals surface area contributed by atoms with Crippen LogP contribution in [-0.4, -0.2) is 19.5 Å². The summed E-state index contributed by atoms with van der Waals surface area (Å²) in [7, 11) is 0. The molecule has 0 spiro atoms. The highest BCUT2D eigenvalue weighted by atomic mass is 19.2. The first-order valence-electron chi connectivity index (χ1n) is 10.8. The van der Waals surface area contributed by atoms with Gasteiger partial charge in [-0.15, -0.1) is 0 Å². The van der Waals surface area contributed by atoms with Crippen molar-refractivity contribution in [3.63, 3.8) is 0 Å². The molecular weight excluding hydrogens is 346 g/mol. The molecule has 1 aliphatic carbocycles. The number of ether oxygens (including phenoxy) is 2. The number of benzene rings is 1. The van der Waals surface area contributed by atoms with Gasteiger partial charge >= 0.3 is 0 Å². The Morgan fingerprint density at radius 1 is 0.889 bits per heavy atom. The van der Waals surface area contributed by atoms with Crippen LogP contribution in [0, 0.1) is 29.4 Å². The molecule has 4 heteroatoms. The topological polar surface area (TPSA) is 18.5 Å². The van der Waals surface area contributed by atoms with Crippen molar-refractivity contribution in [1.29, 1.82) is 0 Å². The lowest BCUT2D eigenvalue weighted by Gasteiger charge is -2.37. The minimum Gasteiger partial charge on any atom is -0.352 e. The summed E-state index contributed by atoms with van der Waals surface area (Å²) < 4.78 is 38.2. The Morgan fingerprint density at radius 3 is 2.30 bits per heavy atom. The van der Waals surface area contributed by atoms with Crippen LogP contribution in [0.5, 0.6) is 0 Å². The number of hydrogen-bond donors (Lipinski definition) is 0. The third-order valence-corrected chi connectivity index (χ3v) is 6.28. The molecular formula is C23H34F2O2. The number of aryl methyl sites for hydroxylation is 1. The first-order chi connectivity index (χ1) is 13.2. The van der Waals surface area contributed by atoms with Crippen LogP contribution < -0.4 is 0 Å². The second-order valence-corrected chi connectivity index (χ2v) is 8.46. The van der Waals surface area contributed by atoms with Gasteiger partial charge in [-0.3, -0.25) is 0 Å². The maximum absolute atomic E-state index is 13.2. The third kappa shape index (κ3) is 6.25. The summed E-state index contributed by atoms with van der Waals surface area (Å²) in [5, 5.41) is 0. The van der Waals surface area contributed by atoms with E-state index in [4.69, 9.17) is 9.47 Å². The Morgan fingerprint density at radius 2 is 1.63 bits per heavy atom. The van der Waals surface area contributed by atoms with Crippen molar-refractivity contribution >= 4 is 0 Å². The van der Waals surface area contributed by atoms with E-state index in [1.807, 2.05) is 0 Å². The zero-order valence-electron chi connectivity index (χ0n) is 16.6. The summed E-state index contributed by atoms with van der Waals surface area (Å²) >= 11 is 0. The lowest BCUT2D eigenvalue weighted by atomic mass is 9.79. The predicted octanol–water partition coefficient (Wildman–Crippen LogP) is 6.27. The molecule has 152 valence electrons. The highest BCUT2D eigenvalue weighted by Crippen LogP contribution is 2.36. The summed E-state index contributed by atoms with van der Waals surface area (Å²) in [5.41, 5.74) is 0.894. The molecule has 2 fully saturated rings. The quantitative estimate of drug-likeness (QED) is 0.495. The van der Waals surface area contributed by atoms with Gasteiger partial charge < -0.3 is 9.47 Å². The van der Waals surface area contributed by atoms with Crippen molar-refractivity contribution in [3.8, 4) is 0 Å². The number of halogens is 2. The van der Waals surface area contributed by atoms with E-state index in [2.05, 4.69) is 6.92 Å². The van der Waals surface area contributed by atoms with Crippen LogP contribution in [0.2, 0.25) is 0 Å². The van der Waals surface area contributed by atoms with Crippen molar-refractivity contribution < 1.29 is 18.3 Å². The number of unbranched alkanes of at least 4 members (excludes halogenated alkanes) is 1. The van der Waals surface area contributed by atoms with E-state index in [9.17, 15) is 8.78 Å². The molecule has 1 aromatic carbocycles. The normalized spacial score (nSPS) is 29.0. The summed E-state index contributed by atoms with van der Waals surface area (Å²) in [6, 6.07) is 4.25. The van der Waals surface area contributed by atoms with E-state index in [-0.39, 0.29) is 6.29 Å². The first kappa shape index (κ1) is 20.7. The number of rotatable bonds is 8.